The third kappa shape index (κ3) is 3.14. The Kier molecular flexibility index (Phi) is 3.73. The number of nitriles is 1. The normalized spacial score (nSPS) is 14.0. The van der Waals surface area contributed by atoms with Gasteiger partial charge in [-0.25, -0.2) is 0 Å². The van der Waals surface area contributed by atoms with Gasteiger partial charge in [0.1, 0.15) is 6.54 Å². The van der Waals surface area contributed by atoms with E-state index >= 15 is 0 Å². The quantitative estimate of drug-likeness (QED) is 0.887. The molecule has 4 nitrogen and oxygen atoms in total. The van der Waals surface area contributed by atoms with E-state index in [0.717, 1.165) is 12.8 Å². The zero-order valence-electron chi connectivity index (χ0n) is 9.77. The van der Waals surface area contributed by atoms with Crippen molar-refractivity contribution in [3.63, 3.8) is 0 Å². The minimum atomic E-state index is -0.879. The third-order valence-electron chi connectivity index (χ3n) is 2.92. The maximum atomic E-state index is 10.9. The smallest absolute Gasteiger partial charge is 0.323 e. The summed E-state index contributed by atoms with van der Waals surface area (Å²) in [7, 11) is 0. The average molecular weight is 265 g/mol. The van der Waals surface area contributed by atoms with Gasteiger partial charge in [0.2, 0.25) is 0 Å². The Morgan fingerprint density at radius 1 is 1.56 bits per heavy atom. The monoisotopic (exact) mass is 264 g/mol. The first-order chi connectivity index (χ1) is 8.60. The van der Waals surface area contributed by atoms with Crippen molar-refractivity contribution in [1.82, 2.24) is 0 Å². The zero-order chi connectivity index (χ0) is 13.1. The first-order valence-corrected chi connectivity index (χ1v) is 6.14. The molecule has 0 radical (unpaired) electrons. The van der Waals surface area contributed by atoms with Crippen molar-refractivity contribution in [3.8, 4) is 6.07 Å². The van der Waals surface area contributed by atoms with Crippen LogP contribution < -0.4 is 4.90 Å². The summed E-state index contributed by atoms with van der Waals surface area (Å²) in [6, 6.07) is 6.95. The fourth-order valence-corrected chi connectivity index (χ4v) is 2.16. The molecule has 0 aliphatic heterocycles. The van der Waals surface area contributed by atoms with Crippen LogP contribution >= 0.6 is 11.6 Å². The summed E-state index contributed by atoms with van der Waals surface area (Å²) >= 11 is 6.10. The lowest BCUT2D eigenvalue weighted by atomic mass is 10.2. The highest BCUT2D eigenvalue weighted by atomic mass is 35.5. The second-order valence-electron chi connectivity index (χ2n) is 4.50. The number of aliphatic carboxylic acids is 1. The van der Waals surface area contributed by atoms with Crippen molar-refractivity contribution in [1.29, 1.82) is 5.26 Å². The van der Waals surface area contributed by atoms with E-state index < -0.39 is 5.97 Å². The van der Waals surface area contributed by atoms with Crippen LogP contribution in [0.3, 0.4) is 0 Å². The highest BCUT2D eigenvalue weighted by Gasteiger charge is 2.26. The predicted octanol–water partition coefficient (Wildman–Crippen LogP) is 2.51. The molecule has 0 saturated heterocycles. The number of benzene rings is 1. The molecule has 0 aromatic heterocycles. The summed E-state index contributed by atoms with van der Waals surface area (Å²) in [6.45, 7) is 0.639. The van der Waals surface area contributed by atoms with E-state index in [1.54, 1.807) is 23.1 Å². The fraction of sp³-hybridized carbons (Fsp3) is 0.385. The maximum absolute atomic E-state index is 10.9. The van der Waals surface area contributed by atoms with Gasteiger partial charge >= 0.3 is 5.97 Å². The topological polar surface area (TPSA) is 64.3 Å². The molecule has 0 unspecified atom stereocenters. The zero-order valence-corrected chi connectivity index (χ0v) is 10.5. The lowest BCUT2D eigenvalue weighted by Crippen LogP contribution is -2.31. The van der Waals surface area contributed by atoms with Gasteiger partial charge in [-0.1, -0.05) is 11.6 Å². The van der Waals surface area contributed by atoms with Crippen LogP contribution in [0.4, 0.5) is 5.69 Å². The van der Waals surface area contributed by atoms with Crippen LogP contribution in [0.5, 0.6) is 0 Å². The van der Waals surface area contributed by atoms with Gasteiger partial charge in [-0.2, -0.15) is 5.26 Å². The van der Waals surface area contributed by atoms with E-state index in [2.05, 4.69) is 0 Å². The van der Waals surface area contributed by atoms with Crippen LogP contribution in [0.15, 0.2) is 18.2 Å². The highest BCUT2D eigenvalue weighted by molar-refractivity contribution is 6.33. The Hall–Kier alpha value is -1.73. The van der Waals surface area contributed by atoms with E-state index in [1.807, 2.05) is 6.07 Å². The summed E-state index contributed by atoms with van der Waals surface area (Å²) in [5, 5.41) is 18.1. The summed E-state index contributed by atoms with van der Waals surface area (Å²) in [4.78, 5) is 12.6. The number of anilines is 1. The average Bonchev–Trinajstić information content (AvgIpc) is 3.11. The molecule has 1 aromatic carbocycles. The van der Waals surface area contributed by atoms with Gasteiger partial charge in [0, 0.05) is 6.54 Å². The van der Waals surface area contributed by atoms with E-state index in [0.29, 0.717) is 28.7 Å². The van der Waals surface area contributed by atoms with Gasteiger partial charge in [-0.15, -0.1) is 0 Å². The summed E-state index contributed by atoms with van der Waals surface area (Å²) < 4.78 is 0. The van der Waals surface area contributed by atoms with Crippen LogP contribution in [0.1, 0.15) is 18.4 Å². The Labute approximate surface area is 110 Å². The number of hydrogen-bond donors (Lipinski definition) is 1. The molecule has 18 heavy (non-hydrogen) atoms. The van der Waals surface area contributed by atoms with Crippen molar-refractivity contribution in [2.24, 2.45) is 5.92 Å². The van der Waals surface area contributed by atoms with Gasteiger partial charge in [-0.3, -0.25) is 4.79 Å². The van der Waals surface area contributed by atoms with Crippen LogP contribution in [0.25, 0.3) is 0 Å². The number of halogens is 1. The largest absolute Gasteiger partial charge is 0.480 e. The van der Waals surface area contributed by atoms with Gasteiger partial charge in [0.15, 0.2) is 0 Å². The van der Waals surface area contributed by atoms with Crippen molar-refractivity contribution in [2.75, 3.05) is 18.0 Å². The number of carboxylic acids is 1. The third-order valence-corrected chi connectivity index (χ3v) is 3.22. The molecule has 94 valence electrons. The molecular weight excluding hydrogens is 252 g/mol. The van der Waals surface area contributed by atoms with E-state index in [9.17, 15) is 4.79 Å². The Morgan fingerprint density at radius 3 is 2.78 bits per heavy atom. The van der Waals surface area contributed by atoms with Crippen molar-refractivity contribution < 1.29 is 9.90 Å². The first-order valence-electron chi connectivity index (χ1n) is 5.76. The number of carboxylic acid groups (broad SMARTS) is 1. The Bertz CT molecular complexity index is 506. The molecule has 0 heterocycles. The molecule has 5 heteroatoms. The Morgan fingerprint density at radius 2 is 2.28 bits per heavy atom. The van der Waals surface area contributed by atoms with Crippen LogP contribution in [0.2, 0.25) is 5.02 Å². The minimum absolute atomic E-state index is 0.0673. The summed E-state index contributed by atoms with van der Waals surface area (Å²) in [5.74, 6) is -0.313. The Balaban J connectivity index is 2.23. The maximum Gasteiger partial charge on any atom is 0.323 e. The summed E-state index contributed by atoms with van der Waals surface area (Å²) in [5.41, 5.74) is 1.16. The number of carbonyl (C=O) groups is 1. The molecule has 1 N–H and O–H groups in total. The van der Waals surface area contributed by atoms with Crippen LogP contribution in [-0.2, 0) is 4.79 Å². The fourth-order valence-electron chi connectivity index (χ4n) is 1.86. The molecule has 0 spiro atoms. The summed E-state index contributed by atoms with van der Waals surface area (Å²) in [6.07, 6.45) is 2.29. The second-order valence-corrected chi connectivity index (χ2v) is 4.90. The van der Waals surface area contributed by atoms with Gasteiger partial charge < -0.3 is 10.0 Å². The highest BCUT2D eigenvalue weighted by Crippen LogP contribution is 2.34. The van der Waals surface area contributed by atoms with Crippen molar-refractivity contribution in [2.45, 2.75) is 12.8 Å². The van der Waals surface area contributed by atoms with Gasteiger partial charge in [0.05, 0.1) is 22.3 Å². The lowest BCUT2D eigenvalue weighted by molar-refractivity contribution is -0.135. The molecule has 1 saturated carbocycles. The molecule has 0 bridgehead atoms. The lowest BCUT2D eigenvalue weighted by Gasteiger charge is -2.23. The van der Waals surface area contributed by atoms with Crippen molar-refractivity contribution in [3.05, 3.63) is 28.8 Å². The van der Waals surface area contributed by atoms with Gasteiger partial charge in [0.25, 0.3) is 0 Å². The van der Waals surface area contributed by atoms with Crippen LogP contribution in [0, 0.1) is 17.2 Å². The molecule has 0 amide bonds. The van der Waals surface area contributed by atoms with Crippen LogP contribution in [-0.4, -0.2) is 24.2 Å². The molecular formula is C13H13ClN2O2. The van der Waals surface area contributed by atoms with E-state index in [-0.39, 0.29) is 6.54 Å². The molecule has 1 aliphatic rings. The van der Waals surface area contributed by atoms with E-state index in [1.165, 1.54) is 0 Å². The van der Waals surface area contributed by atoms with Gasteiger partial charge in [-0.05, 0) is 37.0 Å². The molecule has 2 rings (SSSR count). The SMILES string of the molecule is N#Cc1ccc(N(CC(=O)O)CC2CC2)c(Cl)c1. The van der Waals surface area contributed by atoms with Crippen molar-refractivity contribution >= 4 is 23.3 Å². The second kappa shape index (κ2) is 5.28. The predicted molar refractivity (Wildman–Crippen MR) is 68.7 cm³/mol. The first kappa shape index (κ1) is 12.7. The molecule has 1 fully saturated rings. The standard InChI is InChI=1S/C13H13ClN2O2/c14-11-5-10(6-15)3-4-12(11)16(8-13(17)18)7-9-1-2-9/h3-5,9H,1-2,7-8H2,(H,17,18). The number of hydrogen-bond acceptors (Lipinski definition) is 3. The molecule has 0 atom stereocenters. The van der Waals surface area contributed by atoms with E-state index in [4.69, 9.17) is 22.0 Å². The molecule has 1 aromatic rings. The number of nitrogens with zero attached hydrogens (tertiary/aromatic N) is 2. The number of rotatable bonds is 5. The minimum Gasteiger partial charge on any atom is -0.480 e. The molecule has 1 aliphatic carbocycles.